The highest BCUT2D eigenvalue weighted by molar-refractivity contribution is 6.13. The first kappa shape index (κ1) is 23.7. The maximum absolute atomic E-state index is 14.9. The Labute approximate surface area is 201 Å². The van der Waals surface area contributed by atoms with Gasteiger partial charge in [-0.05, 0) is 84.9 Å². The van der Waals surface area contributed by atoms with Crippen LogP contribution in [0.5, 0.6) is 0 Å². The summed E-state index contributed by atoms with van der Waals surface area (Å²) in [5.41, 5.74) is -1.97. The zero-order chi connectivity index (χ0) is 24.4. The van der Waals surface area contributed by atoms with Crippen LogP contribution in [0.4, 0.5) is 0 Å². The summed E-state index contributed by atoms with van der Waals surface area (Å²) in [6.07, 6.45) is 7.80. The van der Waals surface area contributed by atoms with Gasteiger partial charge in [0.1, 0.15) is 11.6 Å². The van der Waals surface area contributed by atoms with Gasteiger partial charge in [-0.25, -0.2) is 0 Å². The highest BCUT2D eigenvalue weighted by Crippen LogP contribution is 2.77. The minimum absolute atomic E-state index is 0.0127. The fraction of sp³-hybridized carbons (Fsp3) is 0.900. The van der Waals surface area contributed by atoms with Crippen molar-refractivity contribution in [3.8, 4) is 0 Å². The van der Waals surface area contributed by atoms with Gasteiger partial charge in [0.05, 0.1) is 5.41 Å². The van der Waals surface area contributed by atoms with Crippen LogP contribution >= 0.6 is 0 Å². The number of hydrogen-bond donors (Lipinski definition) is 0. The standard InChI is InChI=1S/C30H46O3/c1-18(2)19-9-10-20-26(19,5)13-14-29(8)24(33)30(16-15-27(20,29)6)23(32)17-21-25(3,4)22(31)11-12-28(21,30)7/h18-21H,9-17H2,1-8H3. The van der Waals surface area contributed by atoms with Gasteiger partial charge < -0.3 is 0 Å². The van der Waals surface area contributed by atoms with Crippen molar-refractivity contribution in [2.24, 2.45) is 56.2 Å². The predicted molar refractivity (Wildman–Crippen MR) is 131 cm³/mol. The summed E-state index contributed by atoms with van der Waals surface area (Å²) < 4.78 is 0. The Morgan fingerprint density at radius 2 is 1.39 bits per heavy atom. The van der Waals surface area contributed by atoms with Crippen molar-refractivity contribution >= 4 is 17.3 Å². The largest absolute Gasteiger partial charge is 0.299 e. The summed E-state index contributed by atoms with van der Waals surface area (Å²) in [6, 6.07) is 0. The summed E-state index contributed by atoms with van der Waals surface area (Å²) in [4.78, 5) is 41.7. The molecule has 0 aromatic rings. The van der Waals surface area contributed by atoms with E-state index in [1.165, 1.54) is 12.8 Å². The van der Waals surface area contributed by atoms with E-state index in [2.05, 4.69) is 41.5 Å². The van der Waals surface area contributed by atoms with Crippen LogP contribution in [0.2, 0.25) is 0 Å². The van der Waals surface area contributed by atoms with Crippen molar-refractivity contribution in [1.29, 1.82) is 0 Å². The van der Waals surface area contributed by atoms with Gasteiger partial charge in [-0.15, -0.1) is 0 Å². The molecule has 0 aliphatic heterocycles. The SMILES string of the molecule is CC(C)C1CCC2C1(C)CCC1(C)C(=O)C3(CCC21C)C(=O)CC1C(C)(C)C(=O)CCC13C. The molecular weight excluding hydrogens is 408 g/mol. The molecule has 33 heavy (non-hydrogen) atoms. The second kappa shape index (κ2) is 6.61. The lowest BCUT2D eigenvalue weighted by Gasteiger charge is -2.66. The molecule has 1 spiro atoms. The molecule has 3 heteroatoms. The molecule has 5 aliphatic rings. The van der Waals surface area contributed by atoms with Gasteiger partial charge in [-0.2, -0.15) is 0 Å². The smallest absolute Gasteiger partial charge is 0.153 e. The summed E-state index contributed by atoms with van der Waals surface area (Å²) in [7, 11) is 0. The van der Waals surface area contributed by atoms with Crippen LogP contribution in [0, 0.1) is 56.2 Å². The summed E-state index contributed by atoms with van der Waals surface area (Å²) in [5.74, 6) is 2.65. The Kier molecular flexibility index (Phi) is 4.75. The van der Waals surface area contributed by atoms with Crippen LogP contribution in [0.15, 0.2) is 0 Å². The number of hydrogen-bond acceptors (Lipinski definition) is 3. The molecule has 0 heterocycles. The molecule has 184 valence electrons. The Morgan fingerprint density at radius 3 is 2.03 bits per heavy atom. The summed E-state index contributed by atoms with van der Waals surface area (Å²) >= 11 is 0. The molecule has 0 saturated heterocycles. The number of Topliss-reactive ketones (excluding diaryl/α,β-unsaturated/α-hetero) is 3. The molecular formula is C30H46O3. The van der Waals surface area contributed by atoms with Gasteiger partial charge in [-0.3, -0.25) is 14.4 Å². The molecule has 8 unspecified atom stereocenters. The topological polar surface area (TPSA) is 51.2 Å². The van der Waals surface area contributed by atoms with Gasteiger partial charge in [0.25, 0.3) is 0 Å². The zero-order valence-corrected chi connectivity index (χ0v) is 22.4. The van der Waals surface area contributed by atoms with Crippen LogP contribution in [0.25, 0.3) is 0 Å². The molecule has 0 radical (unpaired) electrons. The molecule has 0 amide bonds. The average Bonchev–Trinajstić information content (AvgIpc) is 3.20. The zero-order valence-electron chi connectivity index (χ0n) is 22.4. The Balaban J connectivity index is 1.59. The van der Waals surface area contributed by atoms with E-state index in [1.807, 2.05) is 13.8 Å². The normalized spacial score (nSPS) is 53.4. The number of fused-ring (bicyclic) bond motifs is 5. The van der Waals surface area contributed by atoms with E-state index in [-0.39, 0.29) is 34.1 Å². The predicted octanol–water partition coefficient (Wildman–Crippen LogP) is 6.82. The average molecular weight is 455 g/mol. The van der Waals surface area contributed by atoms with E-state index in [1.54, 1.807) is 0 Å². The Morgan fingerprint density at radius 1 is 0.727 bits per heavy atom. The summed E-state index contributed by atoms with van der Waals surface area (Å²) in [5, 5.41) is 0. The first-order chi connectivity index (χ1) is 15.1. The minimum atomic E-state index is -0.881. The van der Waals surface area contributed by atoms with Crippen molar-refractivity contribution < 1.29 is 14.4 Å². The van der Waals surface area contributed by atoms with Gasteiger partial charge in [-0.1, -0.05) is 55.4 Å². The molecule has 0 N–H and O–H groups in total. The molecule has 5 aliphatic carbocycles. The second-order valence-corrected chi connectivity index (χ2v) is 14.7. The van der Waals surface area contributed by atoms with Crippen LogP contribution in [-0.4, -0.2) is 17.3 Å². The third-order valence-corrected chi connectivity index (χ3v) is 13.4. The molecule has 5 fully saturated rings. The minimum Gasteiger partial charge on any atom is -0.299 e. The van der Waals surface area contributed by atoms with E-state index in [0.29, 0.717) is 42.9 Å². The fourth-order valence-electron chi connectivity index (χ4n) is 11.1. The summed E-state index contributed by atoms with van der Waals surface area (Å²) in [6.45, 7) is 18.2. The maximum atomic E-state index is 14.9. The molecule has 5 rings (SSSR count). The molecule has 5 saturated carbocycles. The van der Waals surface area contributed by atoms with Crippen molar-refractivity contribution in [3.05, 3.63) is 0 Å². The third kappa shape index (κ3) is 2.41. The first-order valence-electron chi connectivity index (χ1n) is 13.7. The monoisotopic (exact) mass is 454 g/mol. The van der Waals surface area contributed by atoms with Gasteiger partial charge in [0.2, 0.25) is 0 Å². The number of carbonyl (C=O) groups excluding carboxylic acids is 3. The van der Waals surface area contributed by atoms with Crippen molar-refractivity contribution in [2.45, 2.75) is 113 Å². The van der Waals surface area contributed by atoms with E-state index in [9.17, 15) is 14.4 Å². The van der Waals surface area contributed by atoms with Crippen molar-refractivity contribution in [3.63, 3.8) is 0 Å². The van der Waals surface area contributed by atoms with Crippen LogP contribution < -0.4 is 0 Å². The highest BCUT2D eigenvalue weighted by Gasteiger charge is 2.77. The lowest BCUT2D eigenvalue weighted by atomic mass is 9.36. The van der Waals surface area contributed by atoms with E-state index >= 15 is 0 Å². The quantitative estimate of drug-likeness (QED) is 0.409. The third-order valence-electron chi connectivity index (χ3n) is 13.4. The van der Waals surface area contributed by atoms with E-state index < -0.39 is 16.2 Å². The fourth-order valence-corrected chi connectivity index (χ4v) is 11.1. The van der Waals surface area contributed by atoms with E-state index in [4.69, 9.17) is 0 Å². The second-order valence-electron chi connectivity index (χ2n) is 14.7. The van der Waals surface area contributed by atoms with Crippen LogP contribution in [0.1, 0.15) is 113 Å². The van der Waals surface area contributed by atoms with E-state index in [0.717, 1.165) is 25.2 Å². The highest BCUT2D eigenvalue weighted by atomic mass is 16.2. The van der Waals surface area contributed by atoms with Gasteiger partial charge >= 0.3 is 0 Å². The first-order valence-corrected chi connectivity index (χ1v) is 13.7. The van der Waals surface area contributed by atoms with Crippen molar-refractivity contribution in [1.82, 2.24) is 0 Å². The van der Waals surface area contributed by atoms with Gasteiger partial charge in [0.15, 0.2) is 5.78 Å². The van der Waals surface area contributed by atoms with Crippen LogP contribution in [-0.2, 0) is 14.4 Å². The number of carbonyl (C=O) groups is 3. The number of ketones is 3. The molecule has 0 aromatic carbocycles. The lowest BCUT2D eigenvalue weighted by Crippen LogP contribution is -2.67. The van der Waals surface area contributed by atoms with Gasteiger partial charge in [0, 0.05) is 23.7 Å². The number of rotatable bonds is 1. The maximum Gasteiger partial charge on any atom is 0.153 e. The molecule has 0 aromatic heterocycles. The lowest BCUT2D eigenvalue weighted by molar-refractivity contribution is -0.196. The molecule has 8 atom stereocenters. The Hall–Kier alpha value is -0.990. The molecule has 0 bridgehead atoms. The van der Waals surface area contributed by atoms with Crippen LogP contribution in [0.3, 0.4) is 0 Å². The molecule has 3 nitrogen and oxygen atoms in total. The van der Waals surface area contributed by atoms with Crippen molar-refractivity contribution in [2.75, 3.05) is 0 Å². The Bertz CT molecular complexity index is 931.